The predicted molar refractivity (Wildman–Crippen MR) is 76.2 cm³/mol. The number of amides is 1. The molecule has 0 aliphatic heterocycles. The van der Waals surface area contributed by atoms with E-state index in [-0.39, 0.29) is 12.5 Å². The van der Waals surface area contributed by atoms with Gasteiger partial charge in [-0.2, -0.15) is 0 Å². The summed E-state index contributed by atoms with van der Waals surface area (Å²) in [5, 5.41) is 12.5. The highest BCUT2D eigenvalue weighted by atomic mass is 32.1. The smallest absolute Gasteiger partial charge is 0.252 e. The van der Waals surface area contributed by atoms with E-state index in [9.17, 15) is 4.79 Å². The van der Waals surface area contributed by atoms with Gasteiger partial charge >= 0.3 is 0 Å². The molecule has 0 fully saturated rings. The first-order valence-electron chi connectivity index (χ1n) is 5.94. The highest BCUT2D eigenvalue weighted by Gasteiger charge is 2.10. The van der Waals surface area contributed by atoms with E-state index < -0.39 is 0 Å². The Morgan fingerprint density at radius 1 is 1.50 bits per heavy atom. The lowest BCUT2D eigenvalue weighted by atomic mass is 10.1. The molecule has 20 heavy (non-hydrogen) atoms. The SMILES string of the molecule is Cc1ncc(CNC(=O)c2ccncc2C#CCO)s1. The van der Waals surface area contributed by atoms with E-state index in [0.717, 1.165) is 9.88 Å². The second-order valence-electron chi connectivity index (χ2n) is 3.91. The van der Waals surface area contributed by atoms with Crippen molar-refractivity contribution < 1.29 is 9.90 Å². The second kappa shape index (κ2) is 6.80. The molecule has 0 aliphatic carbocycles. The molecule has 2 rings (SSSR count). The number of hydrogen-bond acceptors (Lipinski definition) is 5. The van der Waals surface area contributed by atoms with Gasteiger partial charge in [-0.15, -0.1) is 11.3 Å². The summed E-state index contributed by atoms with van der Waals surface area (Å²) in [5.41, 5.74) is 0.946. The van der Waals surface area contributed by atoms with Crippen LogP contribution in [0.25, 0.3) is 0 Å². The van der Waals surface area contributed by atoms with Crippen LogP contribution in [0.1, 0.15) is 25.8 Å². The molecular weight excluding hydrogens is 274 g/mol. The molecule has 2 aromatic heterocycles. The zero-order valence-electron chi connectivity index (χ0n) is 10.9. The Bertz CT molecular complexity index is 670. The van der Waals surface area contributed by atoms with Crippen LogP contribution in [0, 0.1) is 18.8 Å². The normalized spacial score (nSPS) is 9.70. The van der Waals surface area contributed by atoms with E-state index in [0.29, 0.717) is 17.7 Å². The van der Waals surface area contributed by atoms with E-state index in [1.54, 1.807) is 23.6 Å². The first kappa shape index (κ1) is 14.2. The molecule has 0 radical (unpaired) electrons. The summed E-state index contributed by atoms with van der Waals surface area (Å²) in [4.78, 5) is 21.2. The highest BCUT2D eigenvalue weighted by Crippen LogP contribution is 2.11. The van der Waals surface area contributed by atoms with Crippen molar-refractivity contribution in [1.82, 2.24) is 15.3 Å². The van der Waals surface area contributed by atoms with E-state index in [1.807, 2.05) is 6.92 Å². The van der Waals surface area contributed by atoms with Gasteiger partial charge in [0, 0.05) is 23.5 Å². The van der Waals surface area contributed by atoms with Gasteiger partial charge in [0.1, 0.15) is 6.61 Å². The van der Waals surface area contributed by atoms with E-state index in [4.69, 9.17) is 5.11 Å². The number of carbonyl (C=O) groups excluding carboxylic acids is 1. The van der Waals surface area contributed by atoms with Crippen molar-refractivity contribution in [2.75, 3.05) is 6.61 Å². The molecule has 2 aromatic rings. The number of thiazole rings is 1. The first-order valence-corrected chi connectivity index (χ1v) is 6.75. The van der Waals surface area contributed by atoms with Crippen molar-refractivity contribution in [1.29, 1.82) is 0 Å². The van der Waals surface area contributed by atoms with Gasteiger partial charge in [0.05, 0.1) is 22.7 Å². The lowest BCUT2D eigenvalue weighted by molar-refractivity contribution is 0.0951. The Labute approximate surface area is 120 Å². The van der Waals surface area contributed by atoms with Crippen molar-refractivity contribution in [2.45, 2.75) is 13.5 Å². The summed E-state index contributed by atoms with van der Waals surface area (Å²) < 4.78 is 0. The van der Waals surface area contributed by atoms with Gasteiger partial charge in [0.15, 0.2) is 0 Å². The number of pyridine rings is 1. The van der Waals surface area contributed by atoms with Crippen LogP contribution >= 0.6 is 11.3 Å². The van der Waals surface area contributed by atoms with Crippen LogP contribution in [0.15, 0.2) is 24.7 Å². The van der Waals surface area contributed by atoms with Crippen LogP contribution in [-0.4, -0.2) is 27.6 Å². The minimum Gasteiger partial charge on any atom is -0.384 e. The van der Waals surface area contributed by atoms with Gasteiger partial charge < -0.3 is 10.4 Å². The number of carbonyl (C=O) groups is 1. The van der Waals surface area contributed by atoms with Gasteiger partial charge in [-0.3, -0.25) is 9.78 Å². The summed E-state index contributed by atoms with van der Waals surface area (Å²) in [5.74, 6) is 5.01. The molecule has 0 saturated carbocycles. The Morgan fingerprint density at radius 3 is 3.05 bits per heavy atom. The molecule has 2 heterocycles. The zero-order chi connectivity index (χ0) is 14.4. The van der Waals surface area contributed by atoms with Crippen LogP contribution in [0.4, 0.5) is 0 Å². The average molecular weight is 287 g/mol. The molecule has 0 aromatic carbocycles. The van der Waals surface area contributed by atoms with Crippen molar-refractivity contribution in [3.8, 4) is 11.8 Å². The maximum absolute atomic E-state index is 12.1. The minimum atomic E-state index is -0.254. The monoisotopic (exact) mass is 287 g/mol. The van der Waals surface area contributed by atoms with Crippen LogP contribution in [0.5, 0.6) is 0 Å². The fraction of sp³-hybridized carbons (Fsp3) is 0.214. The molecule has 1 amide bonds. The molecule has 0 saturated heterocycles. The maximum atomic E-state index is 12.1. The van der Waals surface area contributed by atoms with Crippen LogP contribution in [0.3, 0.4) is 0 Å². The lowest BCUT2D eigenvalue weighted by Gasteiger charge is -2.05. The lowest BCUT2D eigenvalue weighted by Crippen LogP contribution is -2.23. The number of aryl methyl sites for hydroxylation is 1. The van der Waals surface area contributed by atoms with E-state index in [1.165, 1.54) is 12.4 Å². The fourth-order valence-corrected chi connectivity index (χ4v) is 2.31. The van der Waals surface area contributed by atoms with Crippen LogP contribution in [-0.2, 0) is 6.54 Å². The molecule has 0 spiro atoms. The molecule has 0 bridgehead atoms. The van der Waals surface area contributed by atoms with Gasteiger partial charge in [-0.25, -0.2) is 4.98 Å². The van der Waals surface area contributed by atoms with E-state index >= 15 is 0 Å². The fourth-order valence-electron chi connectivity index (χ4n) is 1.58. The number of rotatable bonds is 3. The molecule has 102 valence electrons. The molecule has 0 unspecified atom stereocenters. The first-order chi connectivity index (χ1) is 9.70. The van der Waals surface area contributed by atoms with Crippen LogP contribution in [0.2, 0.25) is 0 Å². The Morgan fingerprint density at radius 2 is 2.35 bits per heavy atom. The third-order valence-corrected chi connectivity index (χ3v) is 3.37. The third-order valence-electron chi connectivity index (χ3n) is 2.46. The number of aromatic nitrogens is 2. The number of nitrogens with one attached hydrogen (secondary N) is 1. The number of aliphatic hydroxyl groups is 1. The molecule has 5 nitrogen and oxygen atoms in total. The quantitative estimate of drug-likeness (QED) is 0.830. The Hall–Kier alpha value is -2.23. The Balaban J connectivity index is 2.09. The average Bonchev–Trinajstić information content (AvgIpc) is 2.88. The summed E-state index contributed by atoms with van der Waals surface area (Å²) >= 11 is 1.54. The van der Waals surface area contributed by atoms with Gasteiger partial charge in [0.25, 0.3) is 5.91 Å². The highest BCUT2D eigenvalue weighted by molar-refractivity contribution is 7.11. The molecule has 6 heteroatoms. The predicted octanol–water partition coefficient (Wildman–Crippen LogP) is 1.12. The molecule has 2 N–H and O–H groups in total. The van der Waals surface area contributed by atoms with Gasteiger partial charge in [-0.1, -0.05) is 11.8 Å². The summed E-state index contributed by atoms with van der Waals surface area (Å²) in [6, 6.07) is 1.61. The largest absolute Gasteiger partial charge is 0.384 e. The standard InChI is InChI=1S/C14H13N3O2S/c1-10-16-8-12(20-10)9-17-14(19)13-4-5-15-7-11(13)3-2-6-18/h4-5,7-8,18H,6,9H2,1H3,(H,17,19). The second-order valence-corrected chi connectivity index (χ2v) is 5.23. The van der Waals surface area contributed by atoms with Gasteiger partial charge in [-0.05, 0) is 13.0 Å². The Kier molecular flexibility index (Phi) is 4.82. The zero-order valence-corrected chi connectivity index (χ0v) is 11.7. The molecular formula is C14H13N3O2S. The third kappa shape index (κ3) is 3.63. The van der Waals surface area contributed by atoms with E-state index in [2.05, 4.69) is 27.1 Å². The topological polar surface area (TPSA) is 75.1 Å². The number of hydrogen-bond donors (Lipinski definition) is 2. The molecule has 0 aliphatic rings. The maximum Gasteiger partial charge on any atom is 0.252 e. The summed E-state index contributed by atoms with van der Waals surface area (Å²) in [6.07, 6.45) is 4.80. The van der Waals surface area contributed by atoms with Crippen LogP contribution < -0.4 is 5.32 Å². The number of nitrogens with zero attached hydrogens (tertiary/aromatic N) is 2. The number of aliphatic hydroxyl groups excluding tert-OH is 1. The summed E-state index contributed by atoms with van der Waals surface area (Å²) in [7, 11) is 0. The summed E-state index contributed by atoms with van der Waals surface area (Å²) in [6.45, 7) is 2.09. The minimum absolute atomic E-state index is 0.222. The van der Waals surface area contributed by atoms with Crippen molar-refractivity contribution in [3.63, 3.8) is 0 Å². The van der Waals surface area contributed by atoms with Crippen molar-refractivity contribution in [2.24, 2.45) is 0 Å². The van der Waals surface area contributed by atoms with Crippen molar-refractivity contribution >= 4 is 17.2 Å². The van der Waals surface area contributed by atoms with Crippen molar-refractivity contribution in [3.05, 3.63) is 45.7 Å². The molecule has 0 atom stereocenters. The van der Waals surface area contributed by atoms with Gasteiger partial charge in [0.2, 0.25) is 0 Å².